The molecule has 2 N–H and O–H groups in total. The molecule has 2 heterocycles. The normalized spacial score (nSPS) is 14.8. The molecule has 1 aromatic heterocycles. The highest BCUT2D eigenvalue weighted by Gasteiger charge is 2.28. The Balaban J connectivity index is 1.54. The number of rotatable bonds is 3. The molecule has 1 atom stereocenters. The van der Waals surface area contributed by atoms with Crippen molar-refractivity contribution in [3.63, 3.8) is 0 Å². The number of hydrogen-bond acceptors (Lipinski definition) is 4. The summed E-state index contributed by atoms with van der Waals surface area (Å²) in [5, 5.41) is 8.58. The molecule has 0 saturated heterocycles. The monoisotopic (exact) mass is 333 g/mol. The molecule has 0 bridgehead atoms. The molecular weight excluding hydrogens is 314 g/mol. The van der Waals surface area contributed by atoms with E-state index in [9.17, 15) is 4.79 Å². The zero-order chi connectivity index (χ0) is 17.2. The lowest BCUT2D eigenvalue weighted by Gasteiger charge is -2.30. The second kappa shape index (κ2) is 6.49. The van der Waals surface area contributed by atoms with Crippen LogP contribution in [0.1, 0.15) is 17.4 Å². The predicted molar refractivity (Wildman–Crippen MR) is 94.2 cm³/mol. The van der Waals surface area contributed by atoms with Gasteiger partial charge in [0.2, 0.25) is 5.91 Å². The van der Waals surface area contributed by atoms with Crippen molar-refractivity contribution >= 4 is 5.91 Å². The minimum atomic E-state index is -0.649. The summed E-state index contributed by atoms with van der Waals surface area (Å²) < 4.78 is 2.08. The van der Waals surface area contributed by atoms with E-state index in [0.29, 0.717) is 19.6 Å². The molecule has 0 radical (unpaired) electrons. The molecule has 126 valence electrons. The molecule has 6 nitrogen and oxygen atoms in total. The number of benzene rings is 2. The van der Waals surface area contributed by atoms with Crippen LogP contribution in [0.3, 0.4) is 0 Å². The third-order valence-electron chi connectivity index (χ3n) is 4.52. The molecule has 1 aliphatic heterocycles. The summed E-state index contributed by atoms with van der Waals surface area (Å²) >= 11 is 0. The number of amides is 1. The van der Waals surface area contributed by atoms with Crippen LogP contribution in [0.15, 0.2) is 60.7 Å². The first-order valence-electron chi connectivity index (χ1n) is 8.31. The molecule has 1 aliphatic rings. The van der Waals surface area contributed by atoms with Crippen LogP contribution in [0, 0.1) is 0 Å². The van der Waals surface area contributed by atoms with Crippen molar-refractivity contribution in [1.82, 2.24) is 19.7 Å². The summed E-state index contributed by atoms with van der Waals surface area (Å²) in [5.74, 6) is 1.55. The maximum atomic E-state index is 12.7. The van der Waals surface area contributed by atoms with Crippen LogP contribution in [0.2, 0.25) is 0 Å². The van der Waals surface area contributed by atoms with Crippen molar-refractivity contribution in [1.29, 1.82) is 0 Å². The number of carbonyl (C=O) groups excluding carboxylic acids is 1. The smallest absolute Gasteiger partial charge is 0.244 e. The van der Waals surface area contributed by atoms with E-state index in [4.69, 9.17) is 5.73 Å². The zero-order valence-corrected chi connectivity index (χ0v) is 13.7. The third kappa shape index (κ3) is 2.92. The Hall–Kier alpha value is -2.99. The van der Waals surface area contributed by atoms with Gasteiger partial charge in [-0.2, -0.15) is 0 Å². The molecule has 3 aromatic rings. The van der Waals surface area contributed by atoms with Gasteiger partial charge in [0.1, 0.15) is 6.04 Å². The molecular formula is C19H19N5O. The quantitative estimate of drug-likeness (QED) is 0.795. The number of nitrogens with two attached hydrogens (primary N) is 1. The maximum absolute atomic E-state index is 12.7. The molecule has 25 heavy (non-hydrogen) atoms. The first-order valence-corrected chi connectivity index (χ1v) is 8.31. The molecule has 0 aliphatic carbocycles. The third-order valence-corrected chi connectivity index (χ3v) is 4.52. The molecule has 0 unspecified atom stereocenters. The van der Waals surface area contributed by atoms with Crippen LogP contribution in [0.4, 0.5) is 0 Å². The molecule has 2 aromatic carbocycles. The van der Waals surface area contributed by atoms with Crippen molar-refractivity contribution in [2.24, 2.45) is 5.73 Å². The van der Waals surface area contributed by atoms with Gasteiger partial charge in [-0.05, 0) is 5.56 Å². The topological polar surface area (TPSA) is 77.0 Å². The fraction of sp³-hybridized carbons (Fsp3) is 0.211. The average Bonchev–Trinajstić information content (AvgIpc) is 3.11. The maximum Gasteiger partial charge on any atom is 0.244 e. The summed E-state index contributed by atoms with van der Waals surface area (Å²) in [4.78, 5) is 14.5. The van der Waals surface area contributed by atoms with E-state index < -0.39 is 6.04 Å². The van der Waals surface area contributed by atoms with Gasteiger partial charge < -0.3 is 15.2 Å². The Bertz CT molecular complexity index is 875. The van der Waals surface area contributed by atoms with Gasteiger partial charge in [0, 0.05) is 18.7 Å². The first kappa shape index (κ1) is 15.5. The minimum absolute atomic E-state index is 0.0817. The van der Waals surface area contributed by atoms with Gasteiger partial charge in [0.25, 0.3) is 0 Å². The Morgan fingerprint density at radius 2 is 1.64 bits per heavy atom. The van der Waals surface area contributed by atoms with E-state index in [1.54, 1.807) is 4.90 Å². The lowest BCUT2D eigenvalue weighted by Crippen LogP contribution is -2.43. The second-order valence-electron chi connectivity index (χ2n) is 6.11. The van der Waals surface area contributed by atoms with Crippen LogP contribution in [-0.4, -0.2) is 32.1 Å². The number of hydrogen-bond donors (Lipinski definition) is 1. The van der Waals surface area contributed by atoms with Crippen LogP contribution < -0.4 is 5.73 Å². The van der Waals surface area contributed by atoms with Crippen molar-refractivity contribution < 1.29 is 4.79 Å². The Morgan fingerprint density at radius 3 is 2.36 bits per heavy atom. The lowest BCUT2D eigenvalue weighted by atomic mass is 10.1. The van der Waals surface area contributed by atoms with Crippen molar-refractivity contribution in [2.45, 2.75) is 19.1 Å². The minimum Gasteiger partial charge on any atom is -0.332 e. The van der Waals surface area contributed by atoms with Crippen molar-refractivity contribution in [2.75, 3.05) is 6.54 Å². The molecule has 0 spiro atoms. The van der Waals surface area contributed by atoms with Gasteiger partial charge in [-0.3, -0.25) is 4.79 Å². The highest BCUT2D eigenvalue weighted by molar-refractivity contribution is 5.83. The highest BCUT2D eigenvalue weighted by Crippen LogP contribution is 2.23. The molecule has 6 heteroatoms. The summed E-state index contributed by atoms with van der Waals surface area (Å²) in [6.07, 6.45) is 0. The van der Waals surface area contributed by atoms with E-state index in [-0.39, 0.29) is 5.91 Å². The van der Waals surface area contributed by atoms with Gasteiger partial charge in [0.15, 0.2) is 11.6 Å². The van der Waals surface area contributed by atoms with Crippen LogP contribution >= 0.6 is 0 Å². The number of aromatic nitrogens is 3. The fourth-order valence-electron chi connectivity index (χ4n) is 3.15. The van der Waals surface area contributed by atoms with Crippen molar-refractivity contribution in [3.05, 3.63) is 72.1 Å². The lowest BCUT2D eigenvalue weighted by molar-refractivity contribution is -0.134. The van der Waals surface area contributed by atoms with E-state index in [1.165, 1.54) is 0 Å². The molecule has 0 saturated carbocycles. The van der Waals surface area contributed by atoms with Crippen LogP contribution in [0.5, 0.6) is 0 Å². The SMILES string of the molecule is N[C@H](C(=O)N1CCn2c(nnc2-c2ccccc2)C1)c1ccccc1. The Kier molecular flexibility index (Phi) is 4.03. The summed E-state index contributed by atoms with van der Waals surface area (Å²) in [7, 11) is 0. The van der Waals surface area contributed by atoms with E-state index >= 15 is 0 Å². The average molecular weight is 333 g/mol. The van der Waals surface area contributed by atoms with E-state index in [2.05, 4.69) is 14.8 Å². The Morgan fingerprint density at radius 1 is 0.960 bits per heavy atom. The van der Waals surface area contributed by atoms with E-state index in [1.807, 2.05) is 60.7 Å². The zero-order valence-electron chi connectivity index (χ0n) is 13.7. The fourth-order valence-corrected chi connectivity index (χ4v) is 3.15. The number of nitrogens with zero attached hydrogens (tertiary/aromatic N) is 4. The standard InChI is InChI=1S/C19H19N5O/c20-17(14-7-3-1-4-8-14)19(25)23-11-12-24-16(13-23)21-22-18(24)15-9-5-2-6-10-15/h1-10,17H,11-13,20H2/t17-/m0/s1. The van der Waals surface area contributed by atoms with E-state index in [0.717, 1.165) is 22.8 Å². The van der Waals surface area contributed by atoms with Gasteiger partial charge in [0.05, 0.1) is 6.54 Å². The summed E-state index contributed by atoms with van der Waals surface area (Å²) in [5.41, 5.74) is 8.00. The van der Waals surface area contributed by atoms with Gasteiger partial charge in [-0.15, -0.1) is 10.2 Å². The molecule has 4 rings (SSSR count). The largest absolute Gasteiger partial charge is 0.332 e. The van der Waals surface area contributed by atoms with Crippen LogP contribution in [0.25, 0.3) is 11.4 Å². The summed E-state index contributed by atoms with van der Waals surface area (Å²) in [6.45, 7) is 1.70. The van der Waals surface area contributed by atoms with Gasteiger partial charge in [-0.25, -0.2) is 0 Å². The number of fused-ring (bicyclic) bond motifs is 1. The second-order valence-corrected chi connectivity index (χ2v) is 6.11. The van der Waals surface area contributed by atoms with Crippen LogP contribution in [-0.2, 0) is 17.9 Å². The van der Waals surface area contributed by atoms with Crippen molar-refractivity contribution in [3.8, 4) is 11.4 Å². The highest BCUT2D eigenvalue weighted by atomic mass is 16.2. The predicted octanol–water partition coefficient (Wildman–Crippen LogP) is 1.99. The Labute approximate surface area is 145 Å². The van der Waals surface area contributed by atoms with Gasteiger partial charge in [-0.1, -0.05) is 60.7 Å². The van der Waals surface area contributed by atoms with Gasteiger partial charge >= 0.3 is 0 Å². The summed E-state index contributed by atoms with van der Waals surface area (Å²) in [6, 6.07) is 18.8. The number of carbonyl (C=O) groups is 1. The first-order chi connectivity index (χ1) is 12.2. The molecule has 0 fully saturated rings. The molecule has 1 amide bonds.